The standard InChI is InChI=1S/C29H26F3N5O2/c30-29(31,32)26-16-25(37(36-26)23-9-4-6-19(15-23)17-33)28(39)34-22-8-3-5-18(14-22)13-21-7-1-2-10-24(21)35-27(38)20-11-12-20/h1-10,14-16,20H,11-13,17,33H2,(H,34,39)(H,35,38). The largest absolute Gasteiger partial charge is 0.435 e. The Labute approximate surface area is 222 Å². The molecule has 0 saturated heterocycles. The Morgan fingerprint density at radius 2 is 1.67 bits per heavy atom. The molecular weight excluding hydrogens is 507 g/mol. The van der Waals surface area contributed by atoms with Crippen molar-refractivity contribution < 1.29 is 22.8 Å². The molecule has 0 atom stereocenters. The lowest BCUT2D eigenvalue weighted by Crippen LogP contribution is -2.17. The maximum atomic E-state index is 13.5. The number of nitrogens with two attached hydrogens (primary N) is 1. The van der Waals surface area contributed by atoms with Crippen molar-refractivity contribution in [2.75, 3.05) is 10.6 Å². The number of amides is 2. The maximum Gasteiger partial charge on any atom is 0.435 e. The van der Waals surface area contributed by atoms with Crippen molar-refractivity contribution in [1.82, 2.24) is 9.78 Å². The van der Waals surface area contributed by atoms with E-state index in [-0.39, 0.29) is 29.8 Å². The number of alkyl halides is 3. The second-order valence-corrected chi connectivity index (χ2v) is 9.45. The molecule has 1 aliphatic carbocycles. The fraction of sp³-hybridized carbons (Fsp3) is 0.207. The Morgan fingerprint density at radius 1 is 0.923 bits per heavy atom. The van der Waals surface area contributed by atoms with Gasteiger partial charge in [0.05, 0.1) is 5.69 Å². The van der Waals surface area contributed by atoms with Gasteiger partial charge in [-0.15, -0.1) is 0 Å². The van der Waals surface area contributed by atoms with Crippen LogP contribution in [0, 0.1) is 5.92 Å². The number of carbonyl (C=O) groups excluding carboxylic acids is 2. The molecule has 0 bridgehead atoms. The van der Waals surface area contributed by atoms with Crippen LogP contribution in [0.25, 0.3) is 5.69 Å². The molecule has 4 aromatic rings. The average Bonchev–Trinajstić information content (AvgIpc) is 3.67. The summed E-state index contributed by atoms with van der Waals surface area (Å²) in [5.74, 6) is -0.665. The summed E-state index contributed by atoms with van der Waals surface area (Å²) in [6.45, 7) is 0.183. The summed E-state index contributed by atoms with van der Waals surface area (Å²) in [7, 11) is 0. The highest BCUT2D eigenvalue weighted by Gasteiger charge is 2.36. The summed E-state index contributed by atoms with van der Waals surface area (Å²) in [5.41, 5.74) is 8.10. The van der Waals surface area contributed by atoms with E-state index >= 15 is 0 Å². The van der Waals surface area contributed by atoms with Crippen molar-refractivity contribution in [3.8, 4) is 5.69 Å². The van der Waals surface area contributed by atoms with Gasteiger partial charge in [0.1, 0.15) is 5.69 Å². The van der Waals surface area contributed by atoms with Crippen LogP contribution in [0.15, 0.2) is 78.9 Å². The van der Waals surface area contributed by atoms with E-state index in [9.17, 15) is 22.8 Å². The van der Waals surface area contributed by atoms with Gasteiger partial charge in [-0.3, -0.25) is 9.59 Å². The molecule has 200 valence electrons. The van der Waals surface area contributed by atoms with Gasteiger partial charge in [-0.25, -0.2) is 4.68 Å². The summed E-state index contributed by atoms with van der Waals surface area (Å²) in [5, 5.41) is 9.35. The van der Waals surface area contributed by atoms with Gasteiger partial charge < -0.3 is 16.4 Å². The zero-order valence-electron chi connectivity index (χ0n) is 20.8. The number of nitrogens with one attached hydrogen (secondary N) is 2. The number of carbonyl (C=O) groups is 2. The van der Waals surface area contributed by atoms with E-state index in [0.29, 0.717) is 17.7 Å². The first-order chi connectivity index (χ1) is 18.7. The quantitative estimate of drug-likeness (QED) is 0.277. The van der Waals surface area contributed by atoms with Gasteiger partial charge in [-0.1, -0.05) is 42.5 Å². The van der Waals surface area contributed by atoms with Crippen LogP contribution in [-0.4, -0.2) is 21.6 Å². The van der Waals surface area contributed by atoms with Gasteiger partial charge in [0.25, 0.3) is 5.91 Å². The van der Waals surface area contributed by atoms with Crippen LogP contribution in [0.5, 0.6) is 0 Å². The van der Waals surface area contributed by atoms with Gasteiger partial charge in [0.15, 0.2) is 5.69 Å². The van der Waals surface area contributed by atoms with Crippen LogP contribution in [0.3, 0.4) is 0 Å². The summed E-state index contributed by atoms with van der Waals surface area (Å²) in [4.78, 5) is 25.5. The number of para-hydroxylation sites is 1. The molecule has 39 heavy (non-hydrogen) atoms. The van der Waals surface area contributed by atoms with Crippen molar-refractivity contribution in [1.29, 1.82) is 0 Å². The van der Waals surface area contributed by atoms with E-state index in [0.717, 1.165) is 40.4 Å². The predicted octanol–water partition coefficient (Wildman–Crippen LogP) is 5.54. The summed E-state index contributed by atoms with van der Waals surface area (Å²) in [6, 6.07) is 21.8. The first-order valence-corrected chi connectivity index (χ1v) is 12.5. The van der Waals surface area contributed by atoms with Crippen LogP contribution >= 0.6 is 0 Å². The number of anilines is 2. The van der Waals surface area contributed by atoms with Crippen molar-refractivity contribution >= 4 is 23.2 Å². The van der Waals surface area contributed by atoms with Gasteiger partial charge in [0, 0.05) is 29.9 Å². The number of nitrogens with zero attached hydrogens (tertiary/aromatic N) is 2. The van der Waals surface area contributed by atoms with E-state index in [4.69, 9.17) is 5.73 Å². The second-order valence-electron chi connectivity index (χ2n) is 9.45. The third-order valence-corrected chi connectivity index (χ3v) is 6.43. The molecule has 1 heterocycles. The lowest BCUT2D eigenvalue weighted by atomic mass is 10.0. The summed E-state index contributed by atoms with van der Waals surface area (Å²) >= 11 is 0. The van der Waals surface area contributed by atoms with Crippen LogP contribution < -0.4 is 16.4 Å². The van der Waals surface area contributed by atoms with Crippen LogP contribution in [-0.2, 0) is 23.9 Å². The highest BCUT2D eigenvalue weighted by Crippen LogP contribution is 2.32. The topological polar surface area (TPSA) is 102 Å². The molecule has 10 heteroatoms. The number of rotatable bonds is 8. The molecular formula is C29H26F3N5O2. The highest BCUT2D eigenvalue weighted by atomic mass is 19.4. The predicted molar refractivity (Wildman–Crippen MR) is 141 cm³/mol. The van der Waals surface area contributed by atoms with Crippen LogP contribution in [0.4, 0.5) is 24.5 Å². The fourth-order valence-electron chi connectivity index (χ4n) is 4.24. The molecule has 0 aliphatic heterocycles. The first kappa shape index (κ1) is 26.2. The average molecular weight is 534 g/mol. The van der Waals surface area contributed by atoms with Crippen molar-refractivity contribution in [2.45, 2.75) is 32.0 Å². The molecule has 1 saturated carbocycles. The molecule has 3 aromatic carbocycles. The lowest BCUT2D eigenvalue weighted by Gasteiger charge is -2.13. The molecule has 1 aliphatic rings. The smallest absolute Gasteiger partial charge is 0.326 e. The molecule has 2 amide bonds. The Hall–Kier alpha value is -4.44. The Kier molecular flexibility index (Phi) is 7.21. The van der Waals surface area contributed by atoms with Gasteiger partial charge in [-0.05, 0) is 66.3 Å². The number of hydrogen-bond donors (Lipinski definition) is 3. The SMILES string of the molecule is NCc1cccc(-n2nc(C(F)(F)F)cc2C(=O)Nc2cccc(Cc3ccccc3NC(=O)C3CC3)c2)c1. The second kappa shape index (κ2) is 10.7. The Morgan fingerprint density at radius 3 is 2.41 bits per heavy atom. The van der Waals surface area contributed by atoms with E-state index in [1.807, 2.05) is 30.3 Å². The van der Waals surface area contributed by atoms with Gasteiger partial charge in [0.2, 0.25) is 5.91 Å². The number of halogens is 3. The van der Waals surface area contributed by atoms with E-state index < -0.39 is 17.8 Å². The lowest BCUT2D eigenvalue weighted by molar-refractivity contribution is -0.141. The highest BCUT2D eigenvalue weighted by molar-refractivity contribution is 6.03. The Bertz CT molecular complexity index is 1530. The minimum absolute atomic E-state index is 0.00954. The molecule has 1 aromatic heterocycles. The van der Waals surface area contributed by atoms with Crippen LogP contribution in [0.1, 0.15) is 45.7 Å². The normalized spacial score (nSPS) is 13.2. The zero-order valence-corrected chi connectivity index (χ0v) is 20.8. The van der Waals surface area contributed by atoms with Gasteiger partial charge >= 0.3 is 6.18 Å². The first-order valence-electron chi connectivity index (χ1n) is 12.5. The van der Waals surface area contributed by atoms with E-state index in [1.165, 1.54) is 0 Å². The van der Waals surface area contributed by atoms with E-state index in [1.54, 1.807) is 42.5 Å². The Balaban J connectivity index is 1.39. The number of hydrogen-bond acceptors (Lipinski definition) is 4. The van der Waals surface area contributed by atoms with Crippen LogP contribution in [0.2, 0.25) is 0 Å². The minimum atomic E-state index is -4.73. The molecule has 0 spiro atoms. The number of aromatic nitrogens is 2. The molecule has 5 rings (SSSR count). The van der Waals surface area contributed by atoms with Crippen molar-refractivity contribution in [3.63, 3.8) is 0 Å². The molecule has 1 fully saturated rings. The third kappa shape index (κ3) is 6.18. The minimum Gasteiger partial charge on any atom is -0.326 e. The zero-order chi connectivity index (χ0) is 27.6. The van der Waals surface area contributed by atoms with Crippen molar-refractivity contribution in [3.05, 3.63) is 107 Å². The maximum absolute atomic E-state index is 13.5. The van der Waals surface area contributed by atoms with E-state index in [2.05, 4.69) is 15.7 Å². The van der Waals surface area contributed by atoms with Gasteiger partial charge in [-0.2, -0.15) is 18.3 Å². The number of benzene rings is 3. The third-order valence-electron chi connectivity index (χ3n) is 6.43. The van der Waals surface area contributed by atoms with Crippen molar-refractivity contribution in [2.24, 2.45) is 11.7 Å². The summed E-state index contributed by atoms with van der Waals surface area (Å²) < 4.78 is 41.5. The fourth-order valence-corrected chi connectivity index (χ4v) is 4.24. The molecule has 0 radical (unpaired) electrons. The summed E-state index contributed by atoms with van der Waals surface area (Å²) in [6.07, 6.45) is -2.45. The monoisotopic (exact) mass is 533 g/mol. The molecule has 7 nitrogen and oxygen atoms in total. The molecule has 0 unspecified atom stereocenters. The molecule has 4 N–H and O–H groups in total.